The third kappa shape index (κ3) is 2.87. The van der Waals surface area contributed by atoms with Crippen LogP contribution in [0.4, 0.5) is 0 Å². The summed E-state index contributed by atoms with van der Waals surface area (Å²) in [6, 6.07) is 19.7. The highest BCUT2D eigenvalue weighted by Gasteiger charge is 2.23. The maximum Gasteiger partial charge on any atom is 0.248 e. The number of carbonyl (C=O) groups is 1. The molecule has 0 saturated carbocycles. The van der Waals surface area contributed by atoms with Crippen molar-refractivity contribution < 1.29 is 9.63 Å². The van der Waals surface area contributed by atoms with Gasteiger partial charge in [-0.1, -0.05) is 53.7 Å². The van der Waals surface area contributed by atoms with Crippen LogP contribution >= 0.6 is 0 Å². The van der Waals surface area contributed by atoms with Crippen molar-refractivity contribution in [3.8, 4) is 16.9 Å². The van der Waals surface area contributed by atoms with Crippen molar-refractivity contribution in [2.45, 2.75) is 6.92 Å². The zero-order chi connectivity index (χ0) is 17.2. The minimum atomic E-state index is -0.202. The maximum absolute atomic E-state index is 12.1. The van der Waals surface area contributed by atoms with Crippen LogP contribution in [0.25, 0.3) is 23.0 Å². The predicted molar refractivity (Wildman–Crippen MR) is 96.2 cm³/mol. The van der Waals surface area contributed by atoms with Gasteiger partial charge in [-0.15, -0.1) is 0 Å². The summed E-state index contributed by atoms with van der Waals surface area (Å²) in [6.07, 6.45) is 3.58. The lowest BCUT2D eigenvalue weighted by atomic mass is 10.1. The van der Waals surface area contributed by atoms with Crippen molar-refractivity contribution in [1.82, 2.24) is 9.78 Å². The Bertz CT molecular complexity index is 986. The Morgan fingerprint density at radius 1 is 1.00 bits per heavy atom. The fourth-order valence-corrected chi connectivity index (χ4v) is 2.64. The highest BCUT2D eigenvalue weighted by Crippen LogP contribution is 2.27. The van der Waals surface area contributed by atoms with Crippen LogP contribution in [-0.2, 0) is 9.63 Å². The van der Waals surface area contributed by atoms with Crippen molar-refractivity contribution in [1.29, 1.82) is 0 Å². The molecule has 0 fully saturated rings. The average molecular weight is 329 g/mol. The van der Waals surface area contributed by atoms with Gasteiger partial charge >= 0.3 is 0 Å². The van der Waals surface area contributed by atoms with E-state index in [4.69, 9.17) is 9.94 Å². The fraction of sp³-hybridized carbons (Fsp3) is 0.0500. The topological polar surface area (TPSA) is 56.5 Å². The lowest BCUT2D eigenvalue weighted by Gasteiger charge is -2.00. The van der Waals surface area contributed by atoms with E-state index in [-0.39, 0.29) is 11.5 Å². The number of carbonyl (C=O) groups excluding carboxylic acids is 1. The molecular weight excluding hydrogens is 314 g/mol. The first-order chi connectivity index (χ1) is 12.2. The molecule has 4 rings (SSSR count). The summed E-state index contributed by atoms with van der Waals surface area (Å²) < 4.78 is 1.79. The van der Waals surface area contributed by atoms with Gasteiger partial charge in [-0.05, 0) is 25.1 Å². The molecule has 0 amide bonds. The van der Waals surface area contributed by atoms with E-state index >= 15 is 0 Å². The van der Waals surface area contributed by atoms with E-state index in [9.17, 15) is 4.79 Å². The molecule has 3 aromatic rings. The summed E-state index contributed by atoms with van der Waals surface area (Å²) in [5.41, 5.74) is 3.83. The van der Waals surface area contributed by atoms with E-state index in [0.29, 0.717) is 5.71 Å². The number of para-hydroxylation sites is 1. The predicted octanol–water partition coefficient (Wildman–Crippen LogP) is 3.86. The summed E-state index contributed by atoms with van der Waals surface area (Å²) >= 11 is 0. The number of ketones is 1. The van der Waals surface area contributed by atoms with E-state index < -0.39 is 0 Å². The van der Waals surface area contributed by atoms with Gasteiger partial charge < -0.3 is 4.84 Å². The summed E-state index contributed by atoms with van der Waals surface area (Å²) in [5, 5.41) is 8.44. The highest BCUT2D eigenvalue weighted by atomic mass is 16.6. The lowest BCUT2D eigenvalue weighted by molar-refractivity contribution is -0.111. The highest BCUT2D eigenvalue weighted by molar-refractivity contribution is 6.46. The van der Waals surface area contributed by atoms with E-state index in [2.05, 4.69) is 5.16 Å². The Kier molecular flexibility index (Phi) is 3.74. The Hall–Kier alpha value is -3.47. The van der Waals surface area contributed by atoms with Crippen LogP contribution in [0.15, 0.2) is 77.8 Å². The molecule has 0 spiro atoms. The van der Waals surface area contributed by atoms with Gasteiger partial charge in [-0.3, -0.25) is 4.79 Å². The van der Waals surface area contributed by atoms with Gasteiger partial charge in [0.25, 0.3) is 0 Å². The standard InChI is InChI=1S/C20H15N3O2/c1-14-20(24)18(25-22-14)12-16-13-23(17-10-6-3-7-11-17)21-19(16)15-8-4-2-5-9-15/h2-13H,1H3. The van der Waals surface area contributed by atoms with Crippen molar-refractivity contribution in [2.24, 2.45) is 5.16 Å². The first-order valence-electron chi connectivity index (χ1n) is 7.91. The number of benzene rings is 2. The second kappa shape index (κ2) is 6.20. The van der Waals surface area contributed by atoms with Gasteiger partial charge in [0.15, 0.2) is 0 Å². The van der Waals surface area contributed by atoms with Crippen LogP contribution in [-0.4, -0.2) is 21.3 Å². The van der Waals surface area contributed by atoms with E-state index in [0.717, 1.165) is 22.5 Å². The van der Waals surface area contributed by atoms with Crippen molar-refractivity contribution in [3.63, 3.8) is 0 Å². The summed E-state index contributed by atoms with van der Waals surface area (Å²) in [5.74, 6) is 0.00812. The average Bonchev–Trinajstić information content (AvgIpc) is 3.22. The van der Waals surface area contributed by atoms with Crippen LogP contribution < -0.4 is 0 Å². The van der Waals surface area contributed by atoms with E-state index in [1.807, 2.05) is 66.9 Å². The molecule has 0 unspecified atom stereocenters. The Balaban J connectivity index is 1.83. The lowest BCUT2D eigenvalue weighted by Crippen LogP contribution is -2.05. The first kappa shape index (κ1) is 15.1. The molecule has 5 heteroatoms. The Morgan fingerprint density at radius 3 is 2.32 bits per heavy atom. The number of hydrogen-bond donors (Lipinski definition) is 0. The third-order valence-electron chi connectivity index (χ3n) is 3.93. The number of oxime groups is 1. The molecule has 1 aliphatic rings. The third-order valence-corrected chi connectivity index (χ3v) is 3.93. The molecule has 5 nitrogen and oxygen atoms in total. The van der Waals surface area contributed by atoms with Gasteiger partial charge in [0.05, 0.1) is 5.69 Å². The molecule has 2 aromatic carbocycles. The monoisotopic (exact) mass is 329 g/mol. The fourth-order valence-electron chi connectivity index (χ4n) is 2.64. The summed E-state index contributed by atoms with van der Waals surface area (Å²) in [7, 11) is 0. The number of hydrogen-bond acceptors (Lipinski definition) is 4. The van der Waals surface area contributed by atoms with Crippen LogP contribution in [0.5, 0.6) is 0 Å². The van der Waals surface area contributed by atoms with E-state index in [1.165, 1.54) is 0 Å². The molecule has 2 heterocycles. The van der Waals surface area contributed by atoms with Gasteiger partial charge in [-0.25, -0.2) is 4.68 Å². The first-order valence-corrected chi connectivity index (χ1v) is 7.91. The second-order valence-electron chi connectivity index (χ2n) is 5.68. The largest absolute Gasteiger partial charge is 0.352 e. The minimum absolute atomic E-state index is 0.202. The molecule has 1 aromatic heterocycles. The van der Waals surface area contributed by atoms with Crippen molar-refractivity contribution in [2.75, 3.05) is 0 Å². The quantitative estimate of drug-likeness (QED) is 0.686. The van der Waals surface area contributed by atoms with Crippen molar-refractivity contribution in [3.05, 3.63) is 78.2 Å². The van der Waals surface area contributed by atoms with Crippen LogP contribution in [0.1, 0.15) is 12.5 Å². The van der Waals surface area contributed by atoms with Gasteiger partial charge in [0.1, 0.15) is 11.4 Å². The minimum Gasteiger partial charge on any atom is -0.352 e. The molecule has 0 aliphatic carbocycles. The molecule has 0 N–H and O–H groups in total. The number of allylic oxidation sites excluding steroid dienone is 1. The van der Waals surface area contributed by atoms with Gasteiger partial charge in [-0.2, -0.15) is 5.10 Å². The molecular formula is C20H15N3O2. The smallest absolute Gasteiger partial charge is 0.248 e. The molecule has 0 saturated heterocycles. The van der Waals surface area contributed by atoms with Crippen LogP contribution in [0, 0.1) is 0 Å². The molecule has 1 aliphatic heterocycles. The molecule has 0 radical (unpaired) electrons. The summed E-state index contributed by atoms with van der Waals surface area (Å²) in [6.45, 7) is 1.63. The summed E-state index contributed by atoms with van der Waals surface area (Å²) in [4.78, 5) is 17.2. The van der Waals surface area contributed by atoms with Crippen molar-refractivity contribution >= 4 is 17.6 Å². The molecule has 25 heavy (non-hydrogen) atoms. The molecule has 0 bridgehead atoms. The van der Waals surface area contributed by atoms with Gasteiger partial charge in [0.2, 0.25) is 11.5 Å². The van der Waals surface area contributed by atoms with E-state index in [1.54, 1.807) is 17.7 Å². The van der Waals surface area contributed by atoms with Crippen LogP contribution in [0.2, 0.25) is 0 Å². The zero-order valence-electron chi connectivity index (χ0n) is 13.6. The van der Waals surface area contributed by atoms with Gasteiger partial charge in [0, 0.05) is 17.3 Å². The second-order valence-corrected chi connectivity index (χ2v) is 5.68. The van der Waals surface area contributed by atoms with Crippen LogP contribution in [0.3, 0.4) is 0 Å². The zero-order valence-corrected chi connectivity index (χ0v) is 13.6. The Labute approximate surface area is 144 Å². The molecule has 122 valence electrons. The number of rotatable bonds is 3. The normalized spacial score (nSPS) is 15.3. The number of Topliss-reactive ketones (excluding diaryl/α,β-unsaturated/α-hetero) is 1. The number of nitrogens with zero attached hydrogens (tertiary/aromatic N) is 3. The number of aromatic nitrogens is 2. The Morgan fingerprint density at radius 2 is 1.68 bits per heavy atom. The maximum atomic E-state index is 12.1. The molecule has 0 atom stereocenters. The SMILES string of the molecule is CC1=NOC(=Cc2cn(-c3ccccc3)nc2-c2ccccc2)C1=O.